The second-order valence-corrected chi connectivity index (χ2v) is 5.70. The largest absolute Gasteiger partial charge is 0.298 e. The molecule has 6 heteroatoms. The van der Waals surface area contributed by atoms with Gasteiger partial charge in [0.25, 0.3) is 5.91 Å². The average Bonchev–Trinajstić information content (AvgIpc) is 2.82. The van der Waals surface area contributed by atoms with Crippen LogP contribution >= 0.6 is 0 Å². The van der Waals surface area contributed by atoms with Crippen molar-refractivity contribution < 1.29 is 19.2 Å². The molecule has 0 aromatic heterocycles. The van der Waals surface area contributed by atoms with E-state index >= 15 is 0 Å². The zero-order valence-corrected chi connectivity index (χ0v) is 12.0. The number of carbonyl (C=O) groups is 4. The lowest BCUT2D eigenvalue weighted by Crippen LogP contribution is -2.53. The SMILES string of the molecule is O=Cc1cc2c3c(cccc3c1)N(C1CCC(=O)NC1=O)C2=O. The van der Waals surface area contributed by atoms with Gasteiger partial charge in [-0.25, -0.2) is 0 Å². The Morgan fingerprint density at radius 1 is 1.17 bits per heavy atom. The number of amides is 3. The van der Waals surface area contributed by atoms with E-state index in [0.717, 1.165) is 10.8 Å². The van der Waals surface area contributed by atoms with E-state index in [0.29, 0.717) is 29.5 Å². The predicted molar refractivity (Wildman–Crippen MR) is 82.3 cm³/mol. The second-order valence-electron chi connectivity index (χ2n) is 5.70. The number of aldehydes is 1. The molecular formula is C17H12N2O4. The third kappa shape index (κ3) is 1.88. The van der Waals surface area contributed by atoms with E-state index in [1.54, 1.807) is 24.3 Å². The van der Waals surface area contributed by atoms with Crippen LogP contribution in [0.25, 0.3) is 10.8 Å². The molecule has 3 amide bonds. The minimum absolute atomic E-state index is 0.200. The highest BCUT2D eigenvalue weighted by Crippen LogP contribution is 2.40. The molecule has 2 aromatic carbocycles. The fraction of sp³-hybridized carbons (Fsp3) is 0.176. The van der Waals surface area contributed by atoms with Crippen LogP contribution < -0.4 is 10.2 Å². The van der Waals surface area contributed by atoms with Crippen LogP contribution in [-0.4, -0.2) is 30.0 Å². The summed E-state index contributed by atoms with van der Waals surface area (Å²) in [5, 5.41) is 3.81. The standard InChI is InChI=1S/C17H12N2O4/c20-8-9-6-10-2-1-3-12-15(10)11(7-9)17(23)19(12)13-4-5-14(21)18-16(13)22/h1-3,6-8,13H,4-5H2,(H,18,21,22). The van der Waals surface area contributed by atoms with Crippen molar-refractivity contribution in [2.75, 3.05) is 4.90 Å². The molecule has 6 nitrogen and oxygen atoms in total. The summed E-state index contributed by atoms with van der Waals surface area (Å²) >= 11 is 0. The quantitative estimate of drug-likeness (QED) is 0.672. The summed E-state index contributed by atoms with van der Waals surface area (Å²) in [6.45, 7) is 0. The number of carbonyl (C=O) groups excluding carboxylic acids is 4. The summed E-state index contributed by atoms with van der Waals surface area (Å²) in [5.41, 5.74) is 1.49. The molecule has 0 aliphatic carbocycles. The molecule has 0 bridgehead atoms. The van der Waals surface area contributed by atoms with Gasteiger partial charge in [0.2, 0.25) is 11.8 Å². The lowest BCUT2D eigenvalue weighted by atomic mass is 10.0. The molecule has 1 N–H and O–H groups in total. The molecule has 0 radical (unpaired) electrons. The van der Waals surface area contributed by atoms with Crippen molar-refractivity contribution >= 4 is 40.5 Å². The van der Waals surface area contributed by atoms with Gasteiger partial charge >= 0.3 is 0 Å². The van der Waals surface area contributed by atoms with Crippen LogP contribution in [0.15, 0.2) is 30.3 Å². The van der Waals surface area contributed by atoms with Gasteiger partial charge in [-0.15, -0.1) is 0 Å². The van der Waals surface area contributed by atoms with Crippen LogP contribution in [0, 0.1) is 0 Å². The summed E-state index contributed by atoms with van der Waals surface area (Å²) in [4.78, 5) is 48.8. The number of hydrogen-bond donors (Lipinski definition) is 1. The van der Waals surface area contributed by atoms with E-state index in [1.807, 2.05) is 6.07 Å². The fourth-order valence-electron chi connectivity index (χ4n) is 3.35. The van der Waals surface area contributed by atoms with Crippen LogP contribution in [0.1, 0.15) is 33.6 Å². The van der Waals surface area contributed by atoms with Crippen LogP contribution in [-0.2, 0) is 9.59 Å². The Bertz CT molecular complexity index is 903. The smallest absolute Gasteiger partial charge is 0.259 e. The first-order valence-corrected chi connectivity index (χ1v) is 7.29. The molecule has 2 aromatic rings. The summed E-state index contributed by atoms with van der Waals surface area (Å²) in [6, 6.07) is 7.95. The minimum Gasteiger partial charge on any atom is -0.298 e. The Morgan fingerprint density at radius 2 is 2.00 bits per heavy atom. The summed E-state index contributed by atoms with van der Waals surface area (Å²) < 4.78 is 0. The van der Waals surface area contributed by atoms with Crippen molar-refractivity contribution in [2.24, 2.45) is 0 Å². The Balaban J connectivity index is 1.88. The van der Waals surface area contributed by atoms with E-state index in [1.165, 1.54) is 4.90 Å². The van der Waals surface area contributed by atoms with Crippen LogP contribution in [0.3, 0.4) is 0 Å². The Morgan fingerprint density at radius 3 is 2.74 bits per heavy atom. The van der Waals surface area contributed by atoms with Gasteiger partial charge in [0.15, 0.2) is 0 Å². The Kier molecular flexibility index (Phi) is 2.81. The summed E-state index contributed by atoms with van der Waals surface area (Å²) in [6.07, 6.45) is 1.19. The third-order valence-corrected chi connectivity index (χ3v) is 4.34. The van der Waals surface area contributed by atoms with Crippen LogP contribution in [0.5, 0.6) is 0 Å². The molecule has 4 rings (SSSR count). The first-order chi connectivity index (χ1) is 11.1. The van der Waals surface area contributed by atoms with E-state index in [4.69, 9.17) is 0 Å². The van der Waals surface area contributed by atoms with Gasteiger partial charge in [0.1, 0.15) is 12.3 Å². The maximum Gasteiger partial charge on any atom is 0.259 e. The van der Waals surface area contributed by atoms with Gasteiger partial charge in [0.05, 0.1) is 11.3 Å². The lowest BCUT2D eigenvalue weighted by Gasteiger charge is -2.30. The number of nitrogens with zero attached hydrogens (tertiary/aromatic N) is 1. The van der Waals surface area contributed by atoms with Gasteiger partial charge in [-0.3, -0.25) is 29.4 Å². The summed E-state index contributed by atoms with van der Waals surface area (Å²) in [5.74, 6) is -1.10. The molecule has 1 unspecified atom stereocenters. The number of imide groups is 1. The maximum absolute atomic E-state index is 12.8. The third-order valence-electron chi connectivity index (χ3n) is 4.34. The van der Waals surface area contributed by atoms with Gasteiger partial charge in [0, 0.05) is 17.4 Å². The van der Waals surface area contributed by atoms with Crippen LogP contribution in [0.4, 0.5) is 5.69 Å². The minimum atomic E-state index is -0.710. The number of anilines is 1. The van der Waals surface area contributed by atoms with Gasteiger partial charge < -0.3 is 0 Å². The maximum atomic E-state index is 12.8. The molecule has 23 heavy (non-hydrogen) atoms. The molecule has 1 atom stereocenters. The number of nitrogens with one attached hydrogen (secondary N) is 1. The van der Waals surface area contributed by atoms with Gasteiger partial charge in [-0.1, -0.05) is 12.1 Å². The monoisotopic (exact) mass is 308 g/mol. The van der Waals surface area contributed by atoms with E-state index < -0.39 is 11.9 Å². The molecule has 2 aliphatic rings. The van der Waals surface area contributed by atoms with Crippen molar-refractivity contribution in [3.8, 4) is 0 Å². The highest BCUT2D eigenvalue weighted by molar-refractivity contribution is 6.27. The molecule has 2 aliphatic heterocycles. The first kappa shape index (κ1) is 13.6. The summed E-state index contributed by atoms with van der Waals surface area (Å²) in [7, 11) is 0. The predicted octanol–water partition coefficient (Wildman–Crippen LogP) is 1.42. The zero-order valence-electron chi connectivity index (χ0n) is 12.0. The molecule has 2 heterocycles. The molecule has 0 saturated carbocycles. The van der Waals surface area contributed by atoms with Crippen LogP contribution in [0.2, 0.25) is 0 Å². The fourth-order valence-corrected chi connectivity index (χ4v) is 3.35. The van der Waals surface area contributed by atoms with E-state index in [2.05, 4.69) is 5.32 Å². The average molecular weight is 308 g/mol. The van der Waals surface area contributed by atoms with E-state index in [-0.39, 0.29) is 18.2 Å². The number of benzene rings is 2. The first-order valence-electron chi connectivity index (χ1n) is 7.29. The normalized spacial score (nSPS) is 20.1. The zero-order chi connectivity index (χ0) is 16.1. The van der Waals surface area contributed by atoms with Crippen molar-refractivity contribution in [3.05, 3.63) is 41.5 Å². The highest BCUT2D eigenvalue weighted by atomic mass is 16.2. The topological polar surface area (TPSA) is 83.6 Å². The van der Waals surface area contributed by atoms with Crippen molar-refractivity contribution in [3.63, 3.8) is 0 Å². The molecule has 1 saturated heterocycles. The highest BCUT2D eigenvalue weighted by Gasteiger charge is 2.40. The van der Waals surface area contributed by atoms with Gasteiger partial charge in [-0.2, -0.15) is 0 Å². The Labute approximate surface area is 131 Å². The van der Waals surface area contributed by atoms with Crippen molar-refractivity contribution in [1.29, 1.82) is 0 Å². The molecule has 0 spiro atoms. The second kappa shape index (κ2) is 4.74. The number of piperidine rings is 1. The Hall–Kier alpha value is -3.02. The molecular weight excluding hydrogens is 296 g/mol. The number of hydrogen-bond acceptors (Lipinski definition) is 4. The van der Waals surface area contributed by atoms with Crippen molar-refractivity contribution in [2.45, 2.75) is 18.9 Å². The molecule has 1 fully saturated rings. The lowest BCUT2D eigenvalue weighted by molar-refractivity contribution is -0.134. The number of rotatable bonds is 2. The molecule has 114 valence electrons. The van der Waals surface area contributed by atoms with Crippen molar-refractivity contribution in [1.82, 2.24) is 5.32 Å². The van der Waals surface area contributed by atoms with Gasteiger partial charge in [-0.05, 0) is 30.0 Å². The van der Waals surface area contributed by atoms with E-state index in [9.17, 15) is 19.2 Å².